The third kappa shape index (κ3) is 3.67. The molecule has 9 nitrogen and oxygen atoms in total. The zero-order valence-electron chi connectivity index (χ0n) is 13.5. The summed E-state index contributed by atoms with van der Waals surface area (Å²) in [6.45, 7) is 4.12. The molecule has 0 aliphatic carbocycles. The molecule has 0 spiro atoms. The molecule has 1 aliphatic rings. The van der Waals surface area contributed by atoms with Crippen molar-refractivity contribution in [2.75, 3.05) is 42.7 Å². The number of ether oxygens (including phenoxy) is 1. The second kappa shape index (κ2) is 7.50. The first kappa shape index (κ1) is 16.5. The number of nitrogens with two attached hydrogens (primary N) is 1. The highest BCUT2D eigenvalue weighted by atomic mass is 32.2. The van der Waals surface area contributed by atoms with E-state index in [4.69, 9.17) is 10.5 Å². The van der Waals surface area contributed by atoms with Crippen molar-refractivity contribution in [1.29, 1.82) is 0 Å². The first-order valence-electron chi connectivity index (χ1n) is 8.01. The number of rotatable bonds is 6. The van der Waals surface area contributed by atoms with Crippen LogP contribution in [0, 0.1) is 0 Å². The van der Waals surface area contributed by atoms with Crippen LogP contribution >= 0.6 is 23.1 Å². The summed E-state index contributed by atoms with van der Waals surface area (Å²) in [6.07, 6.45) is 4.22. The van der Waals surface area contributed by atoms with Gasteiger partial charge in [0.05, 0.1) is 19.5 Å². The third-order valence-electron chi connectivity index (χ3n) is 3.88. The lowest BCUT2D eigenvalue weighted by Gasteiger charge is -2.25. The van der Waals surface area contributed by atoms with Gasteiger partial charge in [-0.05, 0) is 6.42 Å². The molecule has 1 fully saturated rings. The molecule has 4 heterocycles. The second-order valence-electron chi connectivity index (χ2n) is 5.52. The van der Waals surface area contributed by atoms with Crippen LogP contribution in [0.25, 0.3) is 11.2 Å². The average molecular weight is 378 g/mol. The summed E-state index contributed by atoms with van der Waals surface area (Å²) in [7, 11) is 0. The monoisotopic (exact) mass is 378 g/mol. The Morgan fingerprint density at radius 2 is 2.08 bits per heavy atom. The van der Waals surface area contributed by atoms with Gasteiger partial charge in [-0.3, -0.25) is 0 Å². The Morgan fingerprint density at radius 3 is 2.96 bits per heavy atom. The first-order valence-corrected chi connectivity index (χ1v) is 9.82. The van der Waals surface area contributed by atoms with Gasteiger partial charge >= 0.3 is 0 Å². The van der Waals surface area contributed by atoms with E-state index in [1.54, 1.807) is 29.4 Å². The maximum atomic E-state index is 5.81. The molecule has 25 heavy (non-hydrogen) atoms. The van der Waals surface area contributed by atoms with Gasteiger partial charge < -0.3 is 19.9 Å². The van der Waals surface area contributed by atoms with E-state index in [0.29, 0.717) is 11.3 Å². The van der Waals surface area contributed by atoms with Crippen molar-refractivity contribution in [3.63, 3.8) is 0 Å². The van der Waals surface area contributed by atoms with Gasteiger partial charge in [-0.2, -0.15) is 0 Å². The van der Waals surface area contributed by atoms with Crippen LogP contribution in [-0.4, -0.2) is 61.8 Å². The fourth-order valence-electron chi connectivity index (χ4n) is 2.60. The van der Waals surface area contributed by atoms with Crippen molar-refractivity contribution < 1.29 is 4.74 Å². The van der Waals surface area contributed by atoms with E-state index in [0.717, 1.165) is 60.1 Å². The number of thioether (sulfide) groups is 1. The van der Waals surface area contributed by atoms with Gasteiger partial charge in [-0.25, -0.2) is 15.0 Å². The van der Waals surface area contributed by atoms with Gasteiger partial charge in [0.25, 0.3) is 0 Å². The summed E-state index contributed by atoms with van der Waals surface area (Å²) < 4.78 is 8.38. The number of fused-ring (bicyclic) bond motifs is 1. The molecule has 0 aromatic carbocycles. The number of anilines is 2. The summed E-state index contributed by atoms with van der Waals surface area (Å²) in [5, 5.41) is 9.56. The molecule has 2 N–H and O–H groups in total. The standard InChI is InChI=1S/C14H18N8OS2/c15-11-10-12(17-8-16-11)22(9-18-10)2-1-7-24-14-20-19-13(25-14)21-3-5-23-6-4-21/h8-9H,1-7H2,(H2,15,16,17). The minimum absolute atomic E-state index is 0.419. The smallest absolute Gasteiger partial charge is 0.209 e. The van der Waals surface area contributed by atoms with Crippen molar-refractivity contribution in [1.82, 2.24) is 29.7 Å². The van der Waals surface area contributed by atoms with E-state index in [1.165, 1.54) is 6.33 Å². The zero-order chi connectivity index (χ0) is 17.1. The summed E-state index contributed by atoms with van der Waals surface area (Å²) in [6, 6.07) is 0. The zero-order valence-corrected chi connectivity index (χ0v) is 15.2. The molecular formula is C14H18N8OS2. The largest absolute Gasteiger partial charge is 0.382 e. The molecule has 132 valence electrons. The summed E-state index contributed by atoms with van der Waals surface area (Å²) >= 11 is 3.38. The molecule has 0 atom stereocenters. The molecule has 3 aromatic rings. The van der Waals surface area contributed by atoms with E-state index >= 15 is 0 Å². The summed E-state index contributed by atoms with van der Waals surface area (Å²) in [5.41, 5.74) is 7.25. The predicted molar refractivity (Wildman–Crippen MR) is 98.0 cm³/mol. The summed E-state index contributed by atoms with van der Waals surface area (Å²) in [4.78, 5) is 14.7. The molecule has 1 saturated heterocycles. The van der Waals surface area contributed by atoms with Crippen molar-refractivity contribution >= 4 is 45.2 Å². The quantitative estimate of drug-likeness (QED) is 0.501. The molecule has 0 bridgehead atoms. The molecular weight excluding hydrogens is 360 g/mol. The van der Waals surface area contributed by atoms with Gasteiger partial charge in [0, 0.05) is 25.4 Å². The fourth-order valence-corrected chi connectivity index (χ4v) is 4.49. The van der Waals surface area contributed by atoms with Gasteiger partial charge in [0.1, 0.15) is 11.8 Å². The maximum Gasteiger partial charge on any atom is 0.209 e. The molecule has 11 heteroatoms. The number of hydrogen-bond acceptors (Lipinski definition) is 10. The van der Waals surface area contributed by atoms with Crippen molar-refractivity contribution in [2.45, 2.75) is 17.3 Å². The van der Waals surface area contributed by atoms with Crippen LogP contribution < -0.4 is 10.6 Å². The van der Waals surface area contributed by atoms with Crippen LogP contribution in [0.4, 0.5) is 10.9 Å². The highest BCUT2D eigenvalue weighted by Crippen LogP contribution is 2.29. The van der Waals surface area contributed by atoms with Crippen molar-refractivity contribution in [2.24, 2.45) is 0 Å². The minimum atomic E-state index is 0.419. The predicted octanol–water partition coefficient (Wildman–Crippen LogP) is 1.28. The molecule has 0 saturated carbocycles. The van der Waals surface area contributed by atoms with E-state index in [9.17, 15) is 0 Å². The first-order chi connectivity index (χ1) is 12.3. The SMILES string of the molecule is Nc1ncnc2c1ncn2CCCSc1nnc(N2CCOCC2)s1. The average Bonchev–Trinajstić information content (AvgIpc) is 3.28. The van der Waals surface area contributed by atoms with Gasteiger partial charge in [0.15, 0.2) is 15.8 Å². The molecule has 1 aliphatic heterocycles. The molecule has 0 unspecified atom stereocenters. The highest BCUT2D eigenvalue weighted by molar-refractivity contribution is 8.01. The van der Waals surface area contributed by atoms with Crippen LogP contribution in [0.2, 0.25) is 0 Å². The van der Waals surface area contributed by atoms with Crippen molar-refractivity contribution in [3.8, 4) is 0 Å². The topological polar surface area (TPSA) is 108 Å². The minimum Gasteiger partial charge on any atom is -0.382 e. The Kier molecular flexibility index (Phi) is 4.95. The number of hydrogen-bond donors (Lipinski definition) is 1. The number of nitrogens with zero attached hydrogens (tertiary/aromatic N) is 7. The van der Waals surface area contributed by atoms with Crippen LogP contribution in [0.1, 0.15) is 6.42 Å². The van der Waals surface area contributed by atoms with E-state index in [1.807, 2.05) is 4.57 Å². The van der Waals surface area contributed by atoms with Crippen LogP contribution in [-0.2, 0) is 11.3 Å². The van der Waals surface area contributed by atoms with Crippen LogP contribution in [0.5, 0.6) is 0 Å². The number of morpholine rings is 1. The Balaban J connectivity index is 1.29. The van der Waals surface area contributed by atoms with Crippen LogP contribution in [0.3, 0.4) is 0 Å². The Bertz CT molecular complexity index is 844. The normalized spacial score (nSPS) is 15.1. The lowest BCUT2D eigenvalue weighted by Crippen LogP contribution is -2.36. The molecule has 3 aromatic heterocycles. The molecule has 0 radical (unpaired) electrons. The fraction of sp³-hybridized carbons (Fsp3) is 0.500. The number of nitrogen functional groups attached to an aromatic ring is 1. The lowest BCUT2D eigenvalue weighted by atomic mass is 10.4. The maximum absolute atomic E-state index is 5.81. The van der Waals surface area contributed by atoms with Gasteiger partial charge in [-0.15, -0.1) is 10.2 Å². The highest BCUT2D eigenvalue weighted by Gasteiger charge is 2.16. The Hall–Kier alpha value is -1.98. The Labute approximate surface area is 152 Å². The summed E-state index contributed by atoms with van der Waals surface area (Å²) in [5.74, 6) is 1.38. The molecule has 0 amide bonds. The molecule has 4 rings (SSSR count). The lowest BCUT2D eigenvalue weighted by molar-refractivity contribution is 0.122. The Morgan fingerprint density at radius 1 is 1.20 bits per heavy atom. The number of aryl methyl sites for hydroxylation is 1. The van der Waals surface area contributed by atoms with Gasteiger partial charge in [-0.1, -0.05) is 23.1 Å². The van der Waals surface area contributed by atoms with E-state index in [2.05, 4.69) is 30.0 Å². The van der Waals surface area contributed by atoms with Crippen LogP contribution in [0.15, 0.2) is 17.0 Å². The third-order valence-corrected chi connectivity index (χ3v) is 6.08. The second-order valence-corrected chi connectivity index (χ2v) is 7.82. The van der Waals surface area contributed by atoms with Crippen molar-refractivity contribution in [3.05, 3.63) is 12.7 Å². The number of imidazole rings is 1. The van der Waals surface area contributed by atoms with E-state index in [-0.39, 0.29) is 0 Å². The van der Waals surface area contributed by atoms with E-state index < -0.39 is 0 Å². The number of aromatic nitrogens is 6. The van der Waals surface area contributed by atoms with Gasteiger partial charge in [0.2, 0.25) is 5.13 Å².